The van der Waals surface area contributed by atoms with Crippen molar-refractivity contribution in [3.63, 3.8) is 0 Å². The number of para-hydroxylation sites is 2. The number of benzene rings is 8. The van der Waals surface area contributed by atoms with Gasteiger partial charge in [0.05, 0.1) is 44.5 Å². The molecule has 15 aromatic rings. The molecule has 15 rings (SSSR count). The molecule has 7 heteroatoms. The molecule has 6 nitrogen and oxygen atoms in total. The van der Waals surface area contributed by atoms with E-state index in [-0.39, 0.29) is 0 Å². The summed E-state index contributed by atoms with van der Waals surface area (Å²) in [6, 6.07) is 77.8. The van der Waals surface area contributed by atoms with Gasteiger partial charge in [-0.1, -0.05) is 133 Å². The summed E-state index contributed by atoms with van der Waals surface area (Å²) < 4.78 is 7.16. The smallest absolute Gasteiger partial charge is 0.137 e. The van der Waals surface area contributed by atoms with E-state index in [1.165, 1.54) is 64.0 Å². The minimum absolute atomic E-state index is 0.858. The van der Waals surface area contributed by atoms with Crippen LogP contribution in [0, 0.1) is 0 Å². The number of nitrogens with zero attached hydrogens (tertiary/aromatic N) is 6. The van der Waals surface area contributed by atoms with Gasteiger partial charge >= 0.3 is 0 Å². The maximum absolute atomic E-state index is 5.17. The standard InChI is InChI=1S/C64H38N6S/c1-3-11-39(12-4-1)43-21-29-55-49(35-43)61-57(69(55)59-33-23-45(37-65-59)53-27-19-41-15-7-9-17-51(41)67-53)31-25-47-48-26-32-58-62(64(48)71-63(47)61)50-36-44(40-13-5-2-6-14-40)22-30-56(50)70(58)60-34-24-46(38-66-60)54-28-20-42-16-8-10-18-52(42)68-54/h1-38H. The molecule has 0 aliphatic heterocycles. The quantitative estimate of drug-likeness (QED) is 0.167. The van der Waals surface area contributed by atoms with Gasteiger partial charge < -0.3 is 0 Å². The van der Waals surface area contributed by atoms with Crippen LogP contribution < -0.4 is 0 Å². The topological polar surface area (TPSA) is 61.4 Å². The third kappa shape index (κ3) is 6.27. The molecular formula is C64H38N6S. The number of hydrogen-bond donors (Lipinski definition) is 0. The summed E-state index contributed by atoms with van der Waals surface area (Å²) in [7, 11) is 0. The molecule has 71 heavy (non-hydrogen) atoms. The highest BCUT2D eigenvalue weighted by molar-refractivity contribution is 7.27. The minimum atomic E-state index is 0.858. The Bertz CT molecular complexity index is 4320. The third-order valence-corrected chi connectivity index (χ3v) is 15.5. The first kappa shape index (κ1) is 39.7. The molecule has 8 aromatic carbocycles. The predicted molar refractivity (Wildman–Crippen MR) is 296 cm³/mol. The lowest BCUT2D eigenvalue weighted by Gasteiger charge is -2.09. The molecule has 0 atom stereocenters. The first-order chi connectivity index (χ1) is 35.2. The van der Waals surface area contributed by atoms with Crippen LogP contribution in [0.2, 0.25) is 0 Å². The van der Waals surface area contributed by atoms with Crippen molar-refractivity contribution in [2.75, 3.05) is 0 Å². The van der Waals surface area contributed by atoms with Crippen molar-refractivity contribution in [2.45, 2.75) is 0 Å². The van der Waals surface area contributed by atoms with Gasteiger partial charge in [0.25, 0.3) is 0 Å². The van der Waals surface area contributed by atoms with Gasteiger partial charge in [0.15, 0.2) is 0 Å². The van der Waals surface area contributed by atoms with Gasteiger partial charge in [0.2, 0.25) is 0 Å². The highest BCUT2D eigenvalue weighted by Crippen LogP contribution is 2.48. The molecule has 0 saturated heterocycles. The second-order valence-electron chi connectivity index (χ2n) is 18.2. The zero-order valence-electron chi connectivity index (χ0n) is 38.0. The molecule has 0 N–H and O–H groups in total. The van der Waals surface area contributed by atoms with Gasteiger partial charge in [-0.3, -0.25) is 9.13 Å². The fraction of sp³-hybridized carbons (Fsp3) is 0. The lowest BCUT2D eigenvalue weighted by molar-refractivity contribution is 1.08. The SMILES string of the molecule is c1ccc(-c2ccc3c(c2)c2c4sc5c(ccc6c5c5cc(-c7ccccc7)ccc5n6-c5ccc(-c6ccc7ccccc7n6)cn5)c4ccc2n3-c2ccc(-c3ccc4ccccc4n3)cn2)cc1. The van der Waals surface area contributed by atoms with Crippen LogP contribution in [-0.2, 0) is 0 Å². The van der Waals surface area contributed by atoms with E-state index in [1.807, 2.05) is 48.0 Å². The van der Waals surface area contributed by atoms with Gasteiger partial charge in [-0.25, -0.2) is 19.9 Å². The van der Waals surface area contributed by atoms with Crippen molar-refractivity contribution in [3.05, 3.63) is 231 Å². The lowest BCUT2D eigenvalue weighted by Crippen LogP contribution is -1.97. The zero-order valence-corrected chi connectivity index (χ0v) is 38.8. The highest BCUT2D eigenvalue weighted by Gasteiger charge is 2.23. The van der Waals surface area contributed by atoms with Gasteiger partial charge in [-0.15, -0.1) is 11.3 Å². The maximum atomic E-state index is 5.17. The molecule has 7 aromatic heterocycles. The monoisotopic (exact) mass is 922 g/mol. The van der Waals surface area contributed by atoms with Crippen molar-refractivity contribution >= 4 is 96.9 Å². The Balaban J connectivity index is 0.954. The van der Waals surface area contributed by atoms with E-state index in [1.54, 1.807) is 0 Å². The molecule has 0 fully saturated rings. The van der Waals surface area contributed by atoms with Crippen LogP contribution in [0.4, 0.5) is 0 Å². The van der Waals surface area contributed by atoms with Crippen molar-refractivity contribution in [3.8, 4) is 56.4 Å². The van der Waals surface area contributed by atoms with Gasteiger partial charge in [0.1, 0.15) is 11.6 Å². The van der Waals surface area contributed by atoms with Crippen LogP contribution in [0.15, 0.2) is 231 Å². The Morgan fingerprint density at radius 2 is 0.732 bits per heavy atom. The minimum Gasteiger partial charge on any atom is -0.294 e. The van der Waals surface area contributed by atoms with Crippen molar-refractivity contribution in [1.29, 1.82) is 0 Å². The molecule has 330 valence electrons. The van der Waals surface area contributed by atoms with E-state index in [9.17, 15) is 0 Å². The summed E-state index contributed by atoms with van der Waals surface area (Å²) in [5, 5.41) is 9.54. The summed E-state index contributed by atoms with van der Waals surface area (Å²) in [5.41, 5.74) is 14.9. The molecule has 7 heterocycles. The lowest BCUT2D eigenvalue weighted by atomic mass is 10.0. The number of pyridine rings is 4. The first-order valence-corrected chi connectivity index (χ1v) is 24.7. The van der Waals surface area contributed by atoms with E-state index >= 15 is 0 Å². The van der Waals surface area contributed by atoms with E-state index in [0.29, 0.717) is 0 Å². The second-order valence-corrected chi connectivity index (χ2v) is 19.3. The molecule has 0 amide bonds. The average Bonchev–Trinajstić information content (AvgIpc) is 4.11. The summed E-state index contributed by atoms with van der Waals surface area (Å²) in [4.78, 5) is 20.3. The summed E-state index contributed by atoms with van der Waals surface area (Å²) in [6.45, 7) is 0. The van der Waals surface area contributed by atoms with Crippen LogP contribution in [0.1, 0.15) is 0 Å². The first-order valence-electron chi connectivity index (χ1n) is 23.9. The maximum Gasteiger partial charge on any atom is 0.137 e. The van der Waals surface area contributed by atoms with E-state index < -0.39 is 0 Å². The molecular weight excluding hydrogens is 885 g/mol. The highest BCUT2D eigenvalue weighted by atomic mass is 32.1. The molecule has 0 unspecified atom stereocenters. The Morgan fingerprint density at radius 3 is 1.18 bits per heavy atom. The second kappa shape index (κ2) is 15.6. The van der Waals surface area contributed by atoms with E-state index in [4.69, 9.17) is 19.9 Å². The average molecular weight is 923 g/mol. The van der Waals surface area contributed by atoms with Crippen LogP contribution in [0.3, 0.4) is 0 Å². The normalized spacial score (nSPS) is 11.9. The van der Waals surface area contributed by atoms with Crippen molar-refractivity contribution in [2.24, 2.45) is 0 Å². The summed E-state index contributed by atoms with van der Waals surface area (Å²) in [5.74, 6) is 1.72. The van der Waals surface area contributed by atoms with E-state index in [0.717, 1.165) is 78.0 Å². The van der Waals surface area contributed by atoms with Crippen molar-refractivity contribution < 1.29 is 0 Å². The van der Waals surface area contributed by atoms with Crippen molar-refractivity contribution in [1.82, 2.24) is 29.1 Å². The third-order valence-electron chi connectivity index (χ3n) is 14.2. The predicted octanol–water partition coefficient (Wildman–Crippen LogP) is 16.8. The van der Waals surface area contributed by atoms with Crippen LogP contribution in [0.5, 0.6) is 0 Å². The fourth-order valence-electron chi connectivity index (χ4n) is 10.8. The molecule has 0 radical (unpaired) electrons. The van der Waals surface area contributed by atoms with Gasteiger partial charge in [-0.05, 0) is 107 Å². The Hall–Kier alpha value is -9.30. The number of rotatable bonds is 6. The van der Waals surface area contributed by atoms with E-state index in [2.05, 4.69) is 203 Å². The number of fused-ring (bicyclic) bond motifs is 13. The zero-order chi connectivity index (χ0) is 46.6. The van der Waals surface area contributed by atoms with Crippen LogP contribution >= 0.6 is 11.3 Å². The molecule has 0 bridgehead atoms. The molecule has 0 aliphatic carbocycles. The summed E-state index contributed by atoms with van der Waals surface area (Å²) in [6.07, 6.45) is 3.92. The number of aromatic nitrogens is 6. The largest absolute Gasteiger partial charge is 0.294 e. The molecule has 0 aliphatic rings. The van der Waals surface area contributed by atoms with Crippen LogP contribution in [-0.4, -0.2) is 29.1 Å². The number of thiophene rings is 1. The Labute approximate surface area is 411 Å². The summed E-state index contributed by atoms with van der Waals surface area (Å²) >= 11 is 1.89. The number of hydrogen-bond acceptors (Lipinski definition) is 5. The Kier molecular flexibility index (Phi) is 8.73. The molecule has 0 saturated carbocycles. The Morgan fingerprint density at radius 1 is 0.310 bits per heavy atom. The van der Waals surface area contributed by atoms with Crippen LogP contribution in [0.25, 0.3) is 142 Å². The van der Waals surface area contributed by atoms with Gasteiger partial charge in [0, 0.05) is 76.0 Å². The molecule has 0 spiro atoms. The van der Waals surface area contributed by atoms with Gasteiger partial charge in [-0.2, -0.15) is 0 Å². The fourth-order valence-corrected chi connectivity index (χ4v) is 12.2.